The van der Waals surface area contributed by atoms with Crippen molar-refractivity contribution in [2.24, 2.45) is 0 Å². The van der Waals surface area contributed by atoms with Gasteiger partial charge < -0.3 is 0 Å². The van der Waals surface area contributed by atoms with Gasteiger partial charge in [0.2, 0.25) is 0 Å². The third-order valence-corrected chi connectivity index (χ3v) is 2.51. The standard InChI is InChI=1S/C11H10ClN3O2/c12-9-7-10(16)15(11(17)14-9)6-4-8-3-1-2-5-13-8/h1-3,5,7H,4,6H2,(H,14,17). The van der Waals surface area contributed by atoms with Crippen LogP contribution in [-0.2, 0) is 13.0 Å². The molecule has 5 nitrogen and oxygen atoms in total. The van der Waals surface area contributed by atoms with Crippen LogP contribution in [0.4, 0.5) is 0 Å². The van der Waals surface area contributed by atoms with Crippen molar-refractivity contribution in [1.29, 1.82) is 0 Å². The van der Waals surface area contributed by atoms with Crippen molar-refractivity contribution in [2.75, 3.05) is 0 Å². The molecule has 0 fully saturated rings. The van der Waals surface area contributed by atoms with Gasteiger partial charge >= 0.3 is 5.69 Å². The minimum Gasteiger partial charge on any atom is -0.298 e. The summed E-state index contributed by atoms with van der Waals surface area (Å²) >= 11 is 5.56. The van der Waals surface area contributed by atoms with E-state index in [1.54, 1.807) is 6.20 Å². The average Bonchev–Trinajstić information content (AvgIpc) is 2.29. The maximum Gasteiger partial charge on any atom is 0.329 e. The second-order valence-electron chi connectivity index (χ2n) is 3.48. The fourth-order valence-electron chi connectivity index (χ4n) is 1.48. The van der Waals surface area contributed by atoms with E-state index >= 15 is 0 Å². The van der Waals surface area contributed by atoms with Crippen LogP contribution in [0.1, 0.15) is 5.69 Å². The molecule has 17 heavy (non-hydrogen) atoms. The zero-order valence-electron chi connectivity index (χ0n) is 8.89. The number of hydrogen-bond donors (Lipinski definition) is 1. The number of H-pyrrole nitrogens is 1. The highest BCUT2D eigenvalue weighted by Crippen LogP contribution is 1.97. The molecule has 0 spiro atoms. The first-order chi connectivity index (χ1) is 8.16. The van der Waals surface area contributed by atoms with Crippen molar-refractivity contribution in [2.45, 2.75) is 13.0 Å². The number of nitrogens with one attached hydrogen (secondary N) is 1. The summed E-state index contributed by atoms with van der Waals surface area (Å²) in [6.07, 6.45) is 2.19. The van der Waals surface area contributed by atoms with Gasteiger partial charge in [-0.25, -0.2) is 4.79 Å². The predicted molar refractivity (Wildman–Crippen MR) is 64.3 cm³/mol. The van der Waals surface area contributed by atoms with Crippen LogP contribution in [0.25, 0.3) is 0 Å². The summed E-state index contributed by atoms with van der Waals surface area (Å²) in [6.45, 7) is 0.280. The van der Waals surface area contributed by atoms with Gasteiger partial charge in [0.1, 0.15) is 5.15 Å². The number of aryl methyl sites for hydroxylation is 1. The molecule has 2 aromatic rings. The van der Waals surface area contributed by atoms with E-state index in [1.165, 1.54) is 6.07 Å². The first-order valence-corrected chi connectivity index (χ1v) is 5.44. The zero-order valence-corrected chi connectivity index (χ0v) is 9.65. The van der Waals surface area contributed by atoms with Gasteiger partial charge in [0.25, 0.3) is 5.56 Å². The summed E-state index contributed by atoms with van der Waals surface area (Å²) in [5.74, 6) is 0. The fourth-order valence-corrected chi connectivity index (χ4v) is 1.65. The van der Waals surface area contributed by atoms with E-state index in [1.807, 2.05) is 18.2 Å². The van der Waals surface area contributed by atoms with E-state index in [-0.39, 0.29) is 11.7 Å². The second kappa shape index (κ2) is 4.97. The molecule has 0 aliphatic rings. The van der Waals surface area contributed by atoms with Gasteiger partial charge in [0.05, 0.1) is 0 Å². The maximum atomic E-state index is 11.5. The van der Waals surface area contributed by atoms with Crippen molar-refractivity contribution in [3.8, 4) is 0 Å². The summed E-state index contributed by atoms with van der Waals surface area (Å²) in [5.41, 5.74) is -0.0816. The van der Waals surface area contributed by atoms with Gasteiger partial charge in [-0.1, -0.05) is 17.7 Å². The van der Waals surface area contributed by atoms with Gasteiger partial charge in [-0.3, -0.25) is 19.3 Å². The Bertz CT molecular complexity index is 587. The van der Waals surface area contributed by atoms with Crippen molar-refractivity contribution >= 4 is 11.6 Å². The predicted octanol–water partition coefficient (Wildman–Crippen LogP) is 0.828. The molecule has 0 aliphatic carbocycles. The van der Waals surface area contributed by atoms with E-state index in [2.05, 4.69) is 9.97 Å². The zero-order chi connectivity index (χ0) is 12.3. The first-order valence-electron chi connectivity index (χ1n) is 5.06. The Hall–Kier alpha value is -1.88. The molecule has 0 amide bonds. The molecule has 6 heteroatoms. The van der Waals surface area contributed by atoms with Crippen LogP contribution >= 0.6 is 11.6 Å². The largest absolute Gasteiger partial charge is 0.329 e. The lowest BCUT2D eigenvalue weighted by Crippen LogP contribution is -2.35. The van der Waals surface area contributed by atoms with E-state index in [0.29, 0.717) is 6.42 Å². The number of hydrogen-bond acceptors (Lipinski definition) is 3. The Morgan fingerprint density at radius 3 is 2.82 bits per heavy atom. The minimum atomic E-state index is -0.501. The quantitative estimate of drug-likeness (QED) is 0.822. The van der Waals surface area contributed by atoms with Crippen LogP contribution in [0.2, 0.25) is 5.15 Å². The van der Waals surface area contributed by atoms with E-state index < -0.39 is 11.2 Å². The van der Waals surface area contributed by atoms with Gasteiger partial charge in [-0.2, -0.15) is 0 Å². The van der Waals surface area contributed by atoms with Crippen LogP contribution in [-0.4, -0.2) is 14.5 Å². The third kappa shape index (κ3) is 2.82. The molecule has 0 aliphatic heterocycles. The molecule has 88 valence electrons. The Morgan fingerprint density at radius 1 is 1.35 bits per heavy atom. The lowest BCUT2D eigenvalue weighted by molar-refractivity contribution is 0.621. The smallest absolute Gasteiger partial charge is 0.298 e. The van der Waals surface area contributed by atoms with Gasteiger partial charge in [-0.05, 0) is 12.1 Å². The van der Waals surface area contributed by atoms with Crippen LogP contribution in [0.3, 0.4) is 0 Å². The summed E-state index contributed by atoms with van der Waals surface area (Å²) in [4.78, 5) is 29.5. The van der Waals surface area contributed by atoms with Gasteiger partial charge in [0, 0.05) is 30.9 Å². The lowest BCUT2D eigenvalue weighted by Gasteiger charge is -2.03. The number of aromatic nitrogens is 3. The highest BCUT2D eigenvalue weighted by Gasteiger charge is 2.03. The molecule has 1 N–H and O–H groups in total. The highest BCUT2D eigenvalue weighted by molar-refractivity contribution is 6.29. The Labute approximate surface area is 102 Å². The molecule has 0 aromatic carbocycles. The number of rotatable bonds is 3. The molecule has 2 rings (SSSR count). The molecule has 0 bridgehead atoms. The molecule has 0 saturated carbocycles. The molecule has 0 atom stereocenters. The lowest BCUT2D eigenvalue weighted by atomic mass is 10.3. The van der Waals surface area contributed by atoms with Crippen molar-refractivity contribution < 1.29 is 0 Å². The van der Waals surface area contributed by atoms with Gasteiger partial charge in [0.15, 0.2) is 0 Å². The number of nitrogens with zero attached hydrogens (tertiary/aromatic N) is 2. The number of aromatic amines is 1. The van der Waals surface area contributed by atoms with Crippen LogP contribution in [0, 0.1) is 0 Å². The van der Waals surface area contributed by atoms with Crippen LogP contribution in [0.5, 0.6) is 0 Å². The summed E-state index contributed by atoms with van der Waals surface area (Å²) in [5, 5.41) is 0.0501. The maximum absolute atomic E-state index is 11.5. The van der Waals surface area contributed by atoms with Crippen LogP contribution < -0.4 is 11.2 Å². The van der Waals surface area contributed by atoms with Crippen LogP contribution in [0.15, 0.2) is 40.1 Å². The Morgan fingerprint density at radius 2 is 2.18 bits per heavy atom. The SMILES string of the molecule is O=c1cc(Cl)[nH]c(=O)n1CCc1ccccn1. The molecule has 0 saturated heterocycles. The monoisotopic (exact) mass is 251 g/mol. The molecular formula is C11H10ClN3O2. The normalized spacial score (nSPS) is 10.4. The van der Waals surface area contributed by atoms with Crippen molar-refractivity contribution in [1.82, 2.24) is 14.5 Å². The molecular weight excluding hydrogens is 242 g/mol. The van der Waals surface area contributed by atoms with Crippen molar-refractivity contribution in [3.05, 3.63) is 62.1 Å². The molecule has 0 unspecified atom stereocenters. The molecule has 2 heterocycles. The van der Waals surface area contributed by atoms with E-state index in [0.717, 1.165) is 10.3 Å². The topological polar surface area (TPSA) is 67.8 Å². The molecule has 2 aromatic heterocycles. The Balaban J connectivity index is 2.21. The second-order valence-corrected chi connectivity index (χ2v) is 3.89. The highest BCUT2D eigenvalue weighted by atomic mass is 35.5. The summed E-state index contributed by atoms with van der Waals surface area (Å²) < 4.78 is 1.10. The van der Waals surface area contributed by atoms with E-state index in [9.17, 15) is 9.59 Å². The van der Waals surface area contributed by atoms with E-state index in [4.69, 9.17) is 11.6 Å². The summed E-state index contributed by atoms with van der Waals surface area (Å²) in [7, 11) is 0. The van der Waals surface area contributed by atoms with Crippen molar-refractivity contribution in [3.63, 3.8) is 0 Å². The average molecular weight is 252 g/mol. The number of pyridine rings is 1. The first kappa shape index (κ1) is 11.6. The molecule has 0 radical (unpaired) electrons. The fraction of sp³-hybridized carbons (Fsp3) is 0.182. The Kier molecular flexibility index (Phi) is 3.39. The minimum absolute atomic E-state index is 0.0501. The number of halogens is 1. The third-order valence-electron chi connectivity index (χ3n) is 2.31. The van der Waals surface area contributed by atoms with Gasteiger partial charge in [-0.15, -0.1) is 0 Å². The summed E-state index contributed by atoms with van der Waals surface area (Å²) in [6, 6.07) is 6.69.